The second-order valence-corrected chi connectivity index (χ2v) is 8.60. The van der Waals surface area contributed by atoms with E-state index in [0.29, 0.717) is 17.7 Å². The number of ether oxygens (including phenoxy) is 2. The highest BCUT2D eigenvalue weighted by Crippen LogP contribution is 2.33. The van der Waals surface area contributed by atoms with E-state index in [1.807, 2.05) is 38.1 Å². The highest BCUT2D eigenvalue weighted by molar-refractivity contribution is 6.02. The van der Waals surface area contributed by atoms with Crippen LogP contribution in [-0.2, 0) is 27.3 Å². The van der Waals surface area contributed by atoms with Crippen molar-refractivity contribution in [1.82, 2.24) is 4.57 Å². The van der Waals surface area contributed by atoms with Crippen molar-refractivity contribution in [3.63, 3.8) is 0 Å². The molecule has 8 heteroatoms. The standard InChI is InChI=1S/C27H27FN2O5/c1-16-12-22(17(2)30(16)11-10-18-4-7-20(34-3)8-5-18)25(31)15-35-27(33)23-14-26(32)29-24-13-19(28)6-9-21(23)24/h4-9,12-13,23H,10-11,14-15H2,1-3H3,(H,29,32). The van der Waals surface area contributed by atoms with E-state index in [1.54, 1.807) is 13.2 Å². The first-order chi connectivity index (χ1) is 16.8. The molecule has 182 valence electrons. The lowest BCUT2D eigenvalue weighted by atomic mass is 9.90. The number of aryl methyl sites for hydroxylation is 2. The number of hydrogen-bond acceptors (Lipinski definition) is 5. The van der Waals surface area contributed by atoms with Crippen molar-refractivity contribution in [2.24, 2.45) is 0 Å². The van der Waals surface area contributed by atoms with Gasteiger partial charge in [0, 0.05) is 35.6 Å². The van der Waals surface area contributed by atoms with Gasteiger partial charge in [-0.25, -0.2) is 4.39 Å². The van der Waals surface area contributed by atoms with Gasteiger partial charge in [-0.05, 0) is 61.7 Å². The zero-order chi connectivity index (χ0) is 25.1. The molecule has 0 saturated heterocycles. The van der Waals surface area contributed by atoms with E-state index in [9.17, 15) is 18.8 Å². The Balaban J connectivity index is 1.40. The maximum atomic E-state index is 13.5. The van der Waals surface area contributed by atoms with Gasteiger partial charge in [-0.15, -0.1) is 0 Å². The summed E-state index contributed by atoms with van der Waals surface area (Å²) in [4.78, 5) is 37.6. The van der Waals surface area contributed by atoms with Gasteiger partial charge in [-0.3, -0.25) is 14.4 Å². The molecule has 0 bridgehead atoms. The molecule has 0 fully saturated rings. The van der Waals surface area contributed by atoms with Crippen LogP contribution in [-0.4, -0.2) is 35.9 Å². The van der Waals surface area contributed by atoms with Gasteiger partial charge in [0.15, 0.2) is 6.61 Å². The summed E-state index contributed by atoms with van der Waals surface area (Å²) in [7, 11) is 1.63. The van der Waals surface area contributed by atoms with Crippen LogP contribution in [0.3, 0.4) is 0 Å². The average Bonchev–Trinajstić information content (AvgIpc) is 3.13. The Kier molecular flexibility index (Phi) is 7.00. The van der Waals surface area contributed by atoms with E-state index in [0.717, 1.165) is 29.1 Å². The summed E-state index contributed by atoms with van der Waals surface area (Å²) in [5.74, 6) is -2.01. The number of amides is 1. The summed E-state index contributed by atoms with van der Waals surface area (Å²) in [6.07, 6.45) is 0.665. The minimum absolute atomic E-state index is 0.120. The lowest BCUT2D eigenvalue weighted by Gasteiger charge is -2.24. The zero-order valence-corrected chi connectivity index (χ0v) is 19.9. The topological polar surface area (TPSA) is 86.6 Å². The number of carbonyl (C=O) groups excluding carboxylic acids is 3. The molecule has 0 radical (unpaired) electrons. The highest BCUT2D eigenvalue weighted by atomic mass is 19.1. The molecule has 1 unspecified atom stereocenters. The minimum Gasteiger partial charge on any atom is -0.497 e. The number of esters is 1. The summed E-state index contributed by atoms with van der Waals surface area (Å²) >= 11 is 0. The number of Topliss-reactive ketones (excluding diaryl/α,β-unsaturated/α-hetero) is 1. The van der Waals surface area contributed by atoms with Crippen molar-refractivity contribution in [2.45, 2.75) is 39.2 Å². The summed E-state index contributed by atoms with van der Waals surface area (Å²) < 4.78 is 26.1. The fourth-order valence-corrected chi connectivity index (χ4v) is 4.42. The van der Waals surface area contributed by atoms with Gasteiger partial charge in [0.05, 0.1) is 13.0 Å². The summed E-state index contributed by atoms with van der Waals surface area (Å²) in [5, 5.41) is 2.56. The molecule has 1 aromatic heterocycles. The van der Waals surface area contributed by atoms with Gasteiger partial charge in [0.25, 0.3) is 0 Å². The van der Waals surface area contributed by atoms with Crippen LogP contribution in [0.5, 0.6) is 5.75 Å². The van der Waals surface area contributed by atoms with Gasteiger partial charge in [-0.2, -0.15) is 0 Å². The lowest BCUT2D eigenvalue weighted by Crippen LogP contribution is -2.29. The molecule has 2 heterocycles. The molecule has 0 aliphatic carbocycles. The first-order valence-electron chi connectivity index (χ1n) is 11.4. The number of ketones is 1. The first kappa shape index (κ1) is 24.2. The van der Waals surface area contributed by atoms with Crippen LogP contribution in [0.1, 0.15) is 45.2 Å². The summed E-state index contributed by atoms with van der Waals surface area (Å²) in [6.45, 7) is 4.06. The van der Waals surface area contributed by atoms with Gasteiger partial charge >= 0.3 is 5.97 Å². The van der Waals surface area contributed by atoms with Crippen LogP contribution in [0.25, 0.3) is 0 Å². The van der Waals surface area contributed by atoms with Crippen molar-refractivity contribution in [3.8, 4) is 5.75 Å². The number of fused-ring (bicyclic) bond motifs is 1. The Morgan fingerprint density at radius 1 is 1.11 bits per heavy atom. The third-order valence-corrected chi connectivity index (χ3v) is 6.34. The highest BCUT2D eigenvalue weighted by Gasteiger charge is 2.32. The van der Waals surface area contributed by atoms with Gasteiger partial charge < -0.3 is 19.4 Å². The number of halogens is 1. The summed E-state index contributed by atoms with van der Waals surface area (Å²) in [6, 6.07) is 13.5. The van der Waals surface area contributed by atoms with Crippen molar-refractivity contribution < 1.29 is 28.2 Å². The molecule has 2 aromatic carbocycles. The molecule has 7 nitrogen and oxygen atoms in total. The minimum atomic E-state index is -0.885. The zero-order valence-electron chi connectivity index (χ0n) is 19.9. The van der Waals surface area contributed by atoms with Crippen LogP contribution in [0.4, 0.5) is 10.1 Å². The molecule has 3 aromatic rings. The molecule has 0 spiro atoms. The maximum absolute atomic E-state index is 13.5. The van der Waals surface area contributed by atoms with Gasteiger partial charge in [0.1, 0.15) is 11.6 Å². The van der Waals surface area contributed by atoms with E-state index >= 15 is 0 Å². The third-order valence-electron chi connectivity index (χ3n) is 6.34. The van der Waals surface area contributed by atoms with E-state index in [4.69, 9.17) is 9.47 Å². The first-order valence-corrected chi connectivity index (χ1v) is 11.4. The van der Waals surface area contributed by atoms with Crippen molar-refractivity contribution in [1.29, 1.82) is 0 Å². The number of nitrogens with one attached hydrogen (secondary N) is 1. The van der Waals surface area contributed by atoms with Crippen LogP contribution in [0, 0.1) is 19.7 Å². The Bertz CT molecular complexity index is 1280. The Morgan fingerprint density at radius 3 is 2.57 bits per heavy atom. The average molecular weight is 479 g/mol. The predicted molar refractivity (Wildman–Crippen MR) is 128 cm³/mol. The van der Waals surface area contributed by atoms with Gasteiger partial charge in [-0.1, -0.05) is 18.2 Å². The van der Waals surface area contributed by atoms with Crippen LogP contribution in [0.15, 0.2) is 48.5 Å². The molecular weight excluding hydrogens is 451 g/mol. The van der Waals surface area contributed by atoms with E-state index in [-0.39, 0.29) is 17.9 Å². The number of carbonyl (C=O) groups is 3. The molecule has 4 rings (SSSR count). The van der Waals surface area contributed by atoms with Crippen molar-refractivity contribution in [2.75, 3.05) is 19.0 Å². The fraction of sp³-hybridized carbons (Fsp3) is 0.296. The van der Waals surface area contributed by atoms with Crippen LogP contribution < -0.4 is 10.1 Å². The second kappa shape index (κ2) is 10.1. The molecular formula is C27H27FN2O5. The van der Waals surface area contributed by atoms with Crippen molar-refractivity contribution in [3.05, 3.63) is 82.4 Å². The number of benzene rings is 2. The third kappa shape index (κ3) is 5.26. The number of hydrogen-bond donors (Lipinski definition) is 1. The van der Waals surface area contributed by atoms with Crippen LogP contribution >= 0.6 is 0 Å². The normalized spacial score (nSPS) is 14.7. The molecule has 35 heavy (non-hydrogen) atoms. The van der Waals surface area contributed by atoms with Gasteiger partial charge in [0.2, 0.25) is 11.7 Å². The van der Waals surface area contributed by atoms with E-state index in [1.165, 1.54) is 18.2 Å². The SMILES string of the molecule is COc1ccc(CCn2c(C)cc(C(=O)COC(=O)C3CC(=O)Nc4cc(F)ccc43)c2C)cc1. The van der Waals surface area contributed by atoms with E-state index in [2.05, 4.69) is 9.88 Å². The number of methoxy groups -OCH3 is 1. The Morgan fingerprint density at radius 2 is 1.86 bits per heavy atom. The number of rotatable bonds is 8. The Hall–Kier alpha value is -3.94. The van der Waals surface area contributed by atoms with E-state index < -0.39 is 30.2 Å². The Labute approximate surface area is 202 Å². The second-order valence-electron chi connectivity index (χ2n) is 8.60. The number of aromatic nitrogens is 1. The molecule has 1 amide bonds. The lowest BCUT2D eigenvalue weighted by molar-refractivity contribution is -0.145. The van der Waals surface area contributed by atoms with Crippen LogP contribution in [0.2, 0.25) is 0 Å². The molecule has 1 N–H and O–H groups in total. The number of nitrogens with zero attached hydrogens (tertiary/aromatic N) is 1. The predicted octanol–water partition coefficient (Wildman–Crippen LogP) is 4.35. The quantitative estimate of drug-likeness (QED) is 0.384. The fourth-order valence-electron chi connectivity index (χ4n) is 4.42. The van der Waals surface area contributed by atoms with Crippen molar-refractivity contribution >= 4 is 23.3 Å². The monoisotopic (exact) mass is 478 g/mol. The molecule has 1 aliphatic heterocycles. The largest absolute Gasteiger partial charge is 0.497 e. The smallest absolute Gasteiger partial charge is 0.314 e. The maximum Gasteiger partial charge on any atom is 0.314 e. The summed E-state index contributed by atoms with van der Waals surface area (Å²) in [5.41, 5.74) is 4.10. The molecule has 0 saturated carbocycles. The molecule has 1 atom stereocenters. The molecule has 1 aliphatic rings. The number of anilines is 1.